The van der Waals surface area contributed by atoms with Gasteiger partial charge in [-0.3, -0.25) is 0 Å². The van der Waals surface area contributed by atoms with Crippen LogP contribution in [0.15, 0.2) is 24.3 Å². The van der Waals surface area contributed by atoms with Crippen LogP contribution in [-0.4, -0.2) is 4.98 Å². The molecule has 2 aromatic heterocycles. The van der Waals surface area contributed by atoms with Gasteiger partial charge in [-0.15, -0.1) is 11.3 Å². The van der Waals surface area contributed by atoms with Crippen molar-refractivity contribution in [3.63, 3.8) is 0 Å². The average Bonchev–Trinajstić information content (AvgIpc) is 2.96. The van der Waals surface area contributed by atoms with E-state index in [9.17, 15) is 0 Å². The molecule has 2 aliphatic rings. The van der Waals surface area contributed by atoms with Crippen LogP contribution in [0.4, 0.5) is 0 Å². The number of aryl methyl sites for hydroxylation is 3. The summed E-state index contributed by atoms with van der Waals surface area (Å²) in [6, 6.07) is 9.12. The minimum atomic E-state index is 0.764. The van der Waals surface area contributed by atoms with Crippen LogP contribution in [0.1, 0.15) is 54.0 Å². The van der Waals surface area contributed by atoms with Crippen molar-refractivity contribution in [2.45, 2.75) is 59.3 Å². The summed E-state index contributed by atoms with van der Waals surface area (Å²) in [5.41, 5.74) is 8.81. The van der Waals surface area contributed by atoms with E-state index in [0.29, 0.717) is 0 Å². The third-order valence-corrected chi connectivity index (χ3v) is 7.51. The summed E-state index contributed by atoms with van der Waals surface area (Å²) < 4.78 is 0. The summed E-state index contributed by atoms with van der Waals surface area (Å²) in [6.07, 6.45) is 7.39. The maximum atomic E-state index is 5.21. The fraction of sp³-hybridized carbons (Fsp3) is 0.458. The first-order chi connectivity index (χ1) is 12.6. The Morgan fingerprint density at radius 2 is 1.81 bits per heavy atom. The molecule has 2 heteroatoms. The number of hydrogen-bond donors (Lipinski definition) is 0. The van der Waals surface area contributed by atoms with Gasteiger partial charge >= 0.3 is 0 Å². The van der Waals surface area contributed by atoms with Gasteiger partial charge in [-0.1, -0.05) is 43.7 Å². The monoisotopic (exact) mass is 361 g/mol. The highest BCUT2D eigenvalue weighted by Gasteiger charge is 2.28. The molecule has 5 rings (SSSR count). The number of thiophene rings is 1. The third kappa shape index (κ3) is 2.62. The molecular weight excluding hydrogens is 334 g/mol. The normalized spacial score (nSPS) is 22.3. The van der Waals surface area contributed by atoms with Crippen LogP contribution in [0, 0.1) is 18.8 Å². The molecule has 0 unspecified atom stereocenters. The summed E-state index contributed by atoms with van der Waals surface area (Å²) in [5.74, 6) is 1.58. The van der Waals surface area contributed by atoms with Crippen molar-refractivity contribution >= 4 is 21.6 Å². The minimum Gasteiger partial charge on any atom is -0.242 e. The van der Waals surface area contributed by atoms with Crippen molar-refractivity contribution in [3.8, 4) is 11.1 Å². The van der Waals surface area contributed by atoms with Gasteiger partial charge in [0.15, 0.2) is 0 Å². The van der Waals surface area contributed by atoms with E-state index in [1.165, 1.54) is 64.7 Å². The van der Waals surface area contributed by atoms with Gasteiger partial charge < -0.3 is 0 Å². The molecule has 1 nitrogen and oxygen atoms in total. The second-order valence-corrected chi connectivity index (χ2v) is 9.75. The molecule has 0 amide bonds. The molecule has 26 heavy (non-hydrogen) atoms. The first kappa shape index (κ1) is 16.5. The van der Waals surface area contributed by atoms with E-state index in [2.05, 4.69) is 45.0 Å². The Balaban J connectivity index is 1.85. The van der Waals surface area contributed by atoms with Crippen LogP contribution in [0.2, 0.25) is 0 Å². The highest BCUT2D eigenvalue weighted by molar-refractivity contribution is 7.19. The summed E-state index contributed by atoms with van der Waals surface area (Å²) in [5, 5.41) is 1.50. The molecule has 2 aliphatic carbocycles. The fourth-order valence-corrected chi connectivity index (χ4v) is 6.35. The second kappa shape index (κ2) is 6.20. The maximum Gasteiger partial charge on any atom is 0.124 e. The van der Waals surface area contributed by atoms with Crippen LogP contribution in [0.25, 0.3) is 21.3 Å². The van der Waals surface area contributed by atoms with Gasteiger partial charge in [0, 0.05) is 16.0 Å². The van der Waals surface area contributed by atoms with Gasteiger partial charge in [-0.25, -0.2) is 4.98 Å². The number of nitrogens with zero attached hydrogens (tertiary/aromatic N) is 1. The molecule has 0 bridgehead atoms. The summed E-state index contributed by atoms with van der Waals surface area (Å²) in [7, 11) is 0. The zero-order valence-electron chi connectivity index (χ0n) is 16.1. The number of aromatic nitrogens is 1. The van der Waals surface area contributed by atoms with Crippen LogP contribution >= 0.6 is 11.3 Å². The Kier molecular flexibility index (Phi) is 3.93. The Morgan fingerprint density at radius 3 is 2.65 bits per heavy atom. The largest absolute Gasteiger partial charge is 0.242 e. The van der Waals surface area contributed by atoms with Crippen molar-refractivity contribution in [2.24, 2.45) is 11.8 Å². The Labute approximate surface area is 160 Å². The molecule has 2 atom stereocenters. The average molecular weight is 362 g/mol. The summed E-state index contributed by atoms with van der Waals surface area (Å²) >= 11 is 1.98. The van der Waals surface area contributed by atoms with E-state index >= 15 is 0 Å². The van der Waals surface area contributed by atoms with Crippen LogP contribution in [-0.2, 0) is 25.7 Å². The smallest absolute Gasteiger partial charge is 0.124 e. The molecule has 2 heterocycles. The highest BCUT2D eigenvalue weighted by Crippen LogP contribution is 2.45. The third-order valence-electron chi connectivity index (χ3n) is 6.36. The van der Waals surface area contributed by atoms with Crippen molar-refractivity contribution in [2.75, 3.05) is 0 Å². The first-order valence-electron chi connectivity index (χ1n) is 10.1. The van der Waals surface area contributed by atoms with Gasteiger partial charge in [0.1, 0.15) is 4.83 Å². The van der Waals surface area contributed by atoms with Crippen LogP contribution in [0.3, 0.4) is 0 Å². The van der Waals surface area contributed by atoms with E-state index in [0.717, 1.165) is 18.3 Å². The van der Waals surface area contributed by atoms with E-state index in [1.54, 1.807) is 16.0 Å². The minimum absolute atomic E-state index is 0.764. The quantitative estimate of drug-likeness (QED) is 0.481. The molecule has 0 N–H and O–H groups in total. The van der Waals surface area contributed by atoms with E-state index < -0.39 is 0 Å². The predicted octanol–water partition coefficient (Wildman–Crippen LogP) is 6.52. The predicted molar refractivity (Wildman–Crippen MR) is 112 cm³/mol. The standard InChI is InChI=1S/C24H27NS/c1-14-5-4-6-17(11-14)22-19-12-15(2)8-10-20(19)25-24-23(22)18-9-7-16(3)13-21(18)26-24/h4-6,11,15-16H,7-10,12-13H2,1-3H3/t15-,16-/m1/s1. The number of rotatable bonds is 1. The number of benzene rings is 1. The molecule has 0 radical (unpaired) electrons. The van der Waals surface area contributed by atoms with Gasteiger partial charge in [-0.05, 0) is 79.5 Å². The van der Waals surface area contributed by atoms with E-state index in [1.807, 2.05) is 11.3 Å². The molecular formula is C24H27NS. The zero-order valence-corrected chi connectivity index (χ0v) is 16.9. The molecule has 0 spiro atoms. The van der Waals surface area contributed by atoms with E-state index in [-0.39, 0.29) is 0 Å². The van der Waals surface area contributed by atoms with Crippen LogP contribution in [0.5, 0.6) is 0 Å². The first-order valence-corrected chi connectivity index (χ1v) is 10.9. The summed E-state index contributed by atoms with van der Waals surface area (Å²) in [4.78, 5) is 8.11. The molecule has 0 saturated heterocycles. The lowest BCUT2D eigenvalue weighted by Gasteiger charge is -2.25. The van der Waals surface area contributed by atoms with Gasteiger partial charge in [0.05, 0.1) is 0 Å². The molecule has 0 fully saturated rings. The van der Waals surface area contributed by atoms with Gasteiger partial charge in [0.25, 0.3) is 0 Å². The zero-order chi connectivity index (χ0) is 17.8. The second-order valence-electron chi connectivity index (χ2n) is 8.66. The Bertz CT molecular complexity index is 997. The Hall–Kier alpha value is -1.67. The number of pyridine rings is 1. The molecule has 0 saturated carbocycles. The van der Waals surface area contributed by atoms with Crippen molar-refractivity contribution < 1.29 is 0 Å². The van der Waals surface area contributed by atoms with Crippen molar-refractivity contribution in [1.82, 2.24) is 4.98 Å². The van der Waals surface area contributed by atoms with Crippen LogP contribution < -0.4 is 0 Å². The lowest BCUT2D eigenvalue weighted by atomic mass is 9.80. The molecule has 1 aromatic carbocycles. The van der Waals surface area contributed by atoms with Gasteiger partial charge in [-0.2, -0.15) is 0 Å². The lowest BCUT2D eigenvalue weighted by molar-refractivity contribution is 0.496. The SMILES string of the molecule is Cc1cccc(-c2c3c(nc4sc5c(c24)CC[C@@H](C)C5)CC[C@@H](C)C3)c1. The van der Waals surface area contributed by atoms with Crippen molar-refractivity contribution in [3.05, 3.63) is 51.5 Å². The van der Waals surface area contributed by atoms with Crippen molar-refractivity contribution in [1.29, 1.82) is 0 Å². The fourth-order valence-electron chi connectivity index (χ4n) is 4.94. The molecule has 3 aromatic rings. The molecule has 0 aliphatic heterocycles. The number of hydrogen-bond acceptors (Lipinski definition) is 2. The Morgan fingerprint density at radius 1 is 1.00 bits per heavy atom. The summed E-state index contributed by atoms with van der Waals surface area (Å²) in [6.45, 7) is 7.01. The lowest BCUT2D eigenvalue weighted by Crippen LogP contribution is -2.15. The number of fused-ring (bicyclic) bond motifs is 4. The maximum absolute atomic E-state index is 5.21. The molecule has 134 valence electrons. The van der Waals surface area contributed by atoms with Gasteiger partial charge in [0.2, 0.25) is 0 Å². The topological polar surface area (TPSA) is 12.9 Å². The van der Waals surface area contributed by atoms with E-state index in [4.69, 9.17) is 4.98 Å². The highest BCUT2D eigenvalue weighted by atomic mass is 32.1.